The van der Waals surface area contributed by atoms with Gasteiger partial charge in [-0.05, 0) is 26.6 Å². The number of carboxylic acids is 1. The molecule has 0 fully saturated rings. The Bertz CT molecular complexity index is 405. The van der Waals surface area contributed by atoms with Gasteiger partial charge in [-0.2, -0.15) is 0 Å². The molecule has 1 N–H and O–H groups in total. The minimum atomic E-state index is -1.08. The van der Waals surface area contributed by atoms with Crippen molar-refractivity contribution in [2.75, 3.05) is 20.7 Å². The van der Waals surface area contributed by atoms with E-state index in [2.05, 4.69) is 0 Å². The van der Waals surface area contributed by atoms with E-state index in [-0.39, 0.29) is 0 Å². The number of aliphatic carboxylic acids is 1. The lowest BCUT2D eigenvalue weighted by molar-refractivity contribution is -0.150. The lowest BCUT2D eigenvalue weighted by Gasteiger charge is -2.35. The van der Waals surface area contributed by atoms with Crippen molar-refractivity contribution in [3.8, 4) is 5.75 Å². The van der Waals surface area contributed by atoms with E-state index in [0.29, 0.717) is 17.9 Å². The summed E-state index contributed by atoms with van der Waals surface area (Å²) in [5, 5.41) is 9.51. The molecular formula is C13H19NO3. The smallest absolute Gasteiger partial charge is 0.328 e. The molecule has 0 radical (unpaired) electrons. The number of hydrogen-bond donors (Lipinski definition) is 1. The summed E-state index contributed by atoms with van der Waals surface area (Å²) in [5.74, 6) is -0.288. The number of methoxy groups -OCH3 is 1. The van der Waals surface area contributed by atoms with Crippen molar-refractivity contribution in [1.82, 2.24) is 4.90 Å². The van der Waals surface area contributed by atoms with Crippen LogP contribution in [0, 0.1) is 0 Å². The molecule has 4 heteroatoms. The second kappa shape index (κ2) is 5.19. The molecule has 0 amide bonds. The van der Waals surface area contributed by atoms with Gasteiger partial charge < -0.3 is 9.84 Å². The molecule has 1 unspecified atom stereocenters. The number of nitrogens with zero attached hydrogens (tertiary/aromatic N) is 1. The minimum Gasteiger partial charge on any atom is -0.496 e. The quantitative estimate of drug-likeness (QED) is 0.850. The van der Waals surface area contributed by atoms with E-state index >= 15 is 0 Å². The van der Waals surface area contributed by atoms with Crippen LogP contribution in [0.2, 0.25) is 0 Å². The molecule has 0 bridgehead atoms. The van der Waals surface area contributed by atoms with Crippen molar-refractivity contribution in [2.45, 2.75) is 19.4 Å². The van der Waals surface area contributed by atoms with E-state index in [1.807, 2.05) is 19.1 Å². The number of likely N-dealkylation sites (N-methyl/N-ethyl adjacent to an activating group) is 1. The van der Waals surface area contributed by atoms with Crippen LogP contribution in [0.25, 0.3) is 0 Å². The minimum absolute atomic E-state index is 0.595. The van der Waals surface area contributed by atoms with Gasteiger partial charge in [0.25, 0.3) is 0 Å². The second-order valence-electron chi connectivity index (χ2n) is 4.09. The summed E-state index contributed by atoms with van der Waals surface area (Å²) in [4.78, 5) is 13.4. The van der Waals surface area contributed by atoms with Crippen molar-refractivity contribution in [2.24, 2.45) is 0 Å². The lowest BCUT2D eigenvalue weighted by atomic mass is 9.89. The Kier molecular flexibility index (Phi) is 4.12. The number of hydrogen-bond acceptors (Lipinski definition) is 3. The van der Waals surface area contributed by atoms with Gasteiger partial charge in [-0.15, -0.1) is 0 Å². The van der Waals surface area contributed by atoms with Gasteiger partial charge in [0.2, 0.25) is 0 Å². The SMILES string of the molecule is CCN(C)C(C)(C(=O)O)c1ccccc1OC. The summed E-state index contributed by atoms with van der Waals surface area (Å²) < 4.78 is 5.25. The fraction of sp³-hybridized carbons (Fsp3) is 0.462. The Morgan fingerprint density at radius 2 is 2.06 bits per heavy atom. The van der Waals surface area contributed by atoms with Gasteiger partial charge in [-0.1, -0.05) is 25.1 Å². The molecule has 0 saturated carbocycles. The van der Waals surface area contributed by atoms with Gasteiger partial charge in [-0.25, -0.2) is 4.79 Å². The third kappa shape index (κ3) is 2.26. The molecule has 1 atom stereocenters. The Hall–Kier alpha value is -1.55. The highest BCUT2D eigenvalue weighted by Gasteiger charge is 2.40. The Labute approximate surface area is 102 Å². The van der Waals surface area contributed by atoms with Crippen molar-refractivity contribution in [3.63, 3.8) is 0 Å². The summed E-state index contributed by atoms with van der Waals surface area (Å²) in [5.41, 5.74) is -0.416. The monoisotopic (exact) mass is 237 g/mol. The third-order valence-corrected chi connectivity index (χ3v) is 3.29. The maximum absolute atomic E-state index is 11.6. The number of carboxylic acid groups (broad SMARTS) is 1. The van der Waals surface area contributed by atoms with Gasteiger partial charge in [-0.3, -0.25) is 4.90 Å². The van der Waals surface area contributed by atoms with Gasteiger partial charge >= 0.3 is 5.97 Å². The first kappa shape index (κ1) is 13.5. The first-order chi connectivity index (χ1) is 7.98. The van der Waals surface area contributed by atoms with E-state index in [0.717, 1.165) is 0 Å². The van der Waals surface area contributed by atoms with Gasteiger partial charge in [0, 0.05) is 5.56 Å². The fourth-order valence-corrected chi connectivity index (χ4v) is 1.85. The molecule has 1 aromatic carbocycles. The van der Waals surface area contributed by atoms with Crippen LogP contribution in [0.15, 0.2) is 24.3 Å². The largest absolute Gasteiger partial charge is 0.496 e. The van der Waals surface area contributed by atoms with Crippen LogP contribution in [0.5, 0.6) is 5.75 Å². The molecule has 17 heavy (non-hydrogen) atoms. The topological polar surface area (TPSA) is 49.8 Å². The summed E-state index contributed by atoms with van der Waals surface area (Å²) in [7, 11) is 3.34. The predicted octanol–water partition coefficient (Wildman–Crippen LogP) is 1.95. The highest BCUT2D eigenvalue weighted by atomic mass is 16.5. The molecular weight excluding hydrogens is 218 g/mol. The van der Waals surface area contributed by atoms with Gasteiger partial charge in [0.15, 0.2) is 0 Å². The molecule has 0 aliphatic rings. The zero-order chi connectivity index (χ0) is 13.1. The average Bonchev–Trinajstić information content (AvgIpc) is 2.36. The number of benzene rings is 1. The average molecular weight is 237 g/mol. The first-order valence-corrected chi connectivity index (χ1v) is 5.56. The molecule has 0 aliphatic carbocycles. The maximum atomic E-state index is 11.6. The maximum Gasteiger partial charge on any atom is 0.328 e. The highest BCUT2D eigenvalue weighted by Crippen LogP contribution is 2.34. The zero-order valence-electron chi connectivity index (χ0n) is 10.7. The van der Waals surface area contributed by atoms with Gasteiger partial charge in [0.05, 0.1) is 7.11 Å². The Balaban J connectivity index is 3.37. The van der Waals surface area contributed by atoms with Crippen LogP contribution >= 0.6 is 0 Å². The van der Waals surface area contributed by atoms with Crippen molar-refractivity contribution in [1.29, 1.82) is 0 Å². The molecule has 1 rings (SSSR count). The van der Waals surface area contributed by atoms with Crippen molar-refractivity contribution >= 4 is 5.97 Å². The van der Waals surface area contributed by atoms with Crippen LogP contribution < -0.4 is 4.74 Å². The molecule has 0 aromatic heterocycles. The number of para-hydroxylation sites is 1. The normalized spacial score (nSPS) is 14.4. The van der Waals surface area contributed by atoms with Crippen LogP contribution in [0.1, 0.15) is 19.4 Å². The Morgan fingerprint density at radius 3 is 2.53 bits per heavy atom. The number of ether oxygens (including phenoxy) is 1. The van der Waals surface area contributed by atoms with Crippen LogP contribution in [-0.4, -0.2) is 36.7 Å². The van der Waals surface area contributed by atoms with Gasteiger partial charge in [0.1, 0.15) is 11.3 Å². The second-order valence-corrected chi connectivity index (χ2v) is 4.09. The zero-order valence-corrected chi connectivity index (χ0v) is 10.7. The molecule has 0 aliphatic heterocycles. The van der Waals surface area contributed by atoms with Crippen molar-refractivity contribution in [3.05, 3.63) is 29.8 Å². The summed E-state index contributed by atoms with van der Waals surface area (Å²) >= 11 is 0. The van der Waals surface area contributed by atoms with E-state index in [4.69, 9.17) is 4.74 Å². The Morgan fingerprint density at radius 1 is 1.47 bits per heavy atom. The lowest BCUT2D eigenvalue weighted by Crippen LogP contribution is -2.47. The molecule has 1 aromatic rings. The molecule has 0 heterocycles. The molecule has 4 nitrogen and oxygen atoms in total. The van der Waals surface area contributed by atoms with Crippen LogP contribution in [0.3, 0.4) is 0 Å². The van der Waals surface area contributed by atoms with Crippen molar-refractivity contribution < 1.29 is 14.6 Å². The predicted molar refractivity (Wildman–Crippen MR) is 66.3 cm³/mol. The number of rotatable bonds is 5. The molecule has 94 valence electrons. The highest BCUT2D eigenvalue weighted by molar-refractivity contribution is 5.81. The van der Waals surface area contributed by atoms with E-state index < -0.39 is 11.5 Å². The summed E-state index contributed by atoms with van der Waals surface area (Å²) in [6, 6.07) is 7.22. The van der Waals surface area contributed by atoms with Crippen LogP contribution in [0.4, 0.5) is 0 Å². The standard InChI is InChI=1S/C13H19NO3/c1-5-14(3)13(2,12(15)16)10-8-6-7-9-11(10)17-4/h6-9H,5H2,1-4H3,(H,15,16). The summed E-state index contributed by atoms with van der Waals surface area (Å²) in [6.45, 7) is 4.26. The fourth-order valence-electron chi connectivity index (χ4n) is 1.85. The molecule has 0 saturated heterocycles. The molecule has 0 spiro atoms. The third-order valence-electron chi connectivity index (χ3n) is 3.29. The van der Waals surface area contributed by atoms with Crippen LogP contribution in [-0.2, 0) is 10.3 Å². The summed E-state index contributed by atoms with van der Waals surface area (Å²) in [6.07, 6.45) is 0. The van der Waals surface area contributed by atoms with E-state index in [1.54, 1.807) is 38.1 Å². The van der Waals surface area contributed by atoms with E-state index in [9.17, 15) is 9.90 Å². The van der Waals surface area contributed by atoms with E-state index in [1.165, 1.54) is 0 Å². The number of carbonyl (C=O) groups is 1. The first-order valence-electron chi connectivity index (χ1n) is 5.56.